The van der Waals surface area contributed by atoms with Gasteiger partial charge in [-0.1, -0.05) is 47.6 Å². The molecule has 0 spiro atoms. The number of nitrogens with one attached hydrogen (secondary N) is 1. The highest BCUT2D eigenvalue weighted by Crippen LogP contribution is 2.30. The smallest absolute Gasteiger partial charge is 0.223 e. The number of nitrogens with zero attached hydrogens (tertiary/aromatic N) is 3. The highest BCUT2D eigenvalue weighted by molar-refractivity contribution is 5.78. The molecule has 3 N–H and O–H groups in total. The van der Waals surface area contributed by atoms with Crippen LogP contribution in [0.25, 0.3) is 0 Å². The molecule has 2 aromatic rings. The van der Waals surface area contributed by atoms with E-state index in [1.165, 1.54) is 22.4 Å². The average molecular weight is 544 g/mol. The van der Waals surface area contributed by atoms with Gasteiger partial charge in [-0.2, -0.15) is 0 Å². The fraction of sp³-hybridized carbons (Fsp3) is 0.500. The van der Waals surface area contributed by atoms with Crippen LogP contribution in [0, 0.1) is 12.8 Å². The van der Waals surface area contributed by atoms with Crippen LogP contribution in [-0.2, 0) is 4.79 Å². The quantitative estimate of drug-likeness (QED) is 0.249. The van der Waals surface area contributed by atoms with Crippen LogP contribution in [0.4, 0.5) is 17.1 Å². The molecule has 0 aromatic heterocycles. The molecule has 0 saturated carbocycles. The molecule has 40 heavy (non-hydrogen) atoms. The van der Waals surface area contributed by atoms with Gasteiger partial charge in [-0.05, 0) is 89.6 Å². The molecule has 1 unspecified atom stereocenters. The number of likely N-dealkylation sites (tertiary alicyclic amines) is 1. The second-order valence-electron chi connectivity index (χ2n) is 11.5. The van der Waals surface area contributed by atoms with Crippen LogP contribution in [0.3, 0.4) is 0 Å². The number of carbonyl (C=O) groups excluding carboxylic acids is 1. The summed E-state index contributed by atoms with van der Waals surface area (Å²) in [4.78, 5) is 20.4. The molecular formula is C34H49N5O. The molecule has 1 aliphatic carbocycles. The summed E-state index contributed by atoms with van der Waals surface area (Å²) in [5.41, 5.74) is 13.8. The maximum absolute atomic E-state index is 13.0. The number of allylic oxidation sites excluding steroid dienone is 3. The third-order valence-electron chi connectivity index (χ3n) is 8.60. The Balaban J connectivity index is 1.28. The van der Waals surface area contributed by atoms with E-state index in [2.05, 4.69) is 96.3 Å². The van der Waals surface area contributed by atoms with Crippen LogP contribution in [0.15, 0.2) is 71.8 Å². The molecule has 2 aliphatic rings. The predicted octanol–water partition coefficient (Wildman–Crippen LogP) is 6.14. The largest absolute Gasteiger partial charge is 0.397 e. The first-order chi connectivity index (χ1) is 19.4. The molecule has 216 valence electrons. The van der Waals surface area contributed by atoms with Gasteiger partial charge >= 0.3 is 0 Å². The number of hydrogen-bond donors (Lipinski definition) is 2. The van der Waals surface area contributed by atoms with Crippen LogP contribution in [0.5, 0.6) is 0 Å². The Morgan fingerprint density at radius 3 is 2.52 bits per heavy atom. The van der Waals surface area contributed by atoms with E-state index in [0.29, 0.717) is 0 Å². The van der Waals surface area contributed by atoms with Crippen molar-refractivity contribution in [2.24, 2.45) is 5.92 Å². The molecule has 2 aromatic carbocycles. The lowest BCUT2D eigenvalue weighted by Crippen LogP contribution is -2.52. The summed E-state index contributed by atoms with van der Waals surface area (Å²) in [5, 5.41) is 3.23. The number of amides is 1. The number of anilines is 3. The summed E-state index contributed by atoms with van der Waals surface area (Å²) in [6.07, 6.45) is 9.69. The van der Waals surface area contributed by atoms with Gasteiger partial charge in [0.05, 0.1) is 17.5 Å². The lowest BCUT2D eigenvalue weighted by Gasteiger charge is -2.43. The highest BCUT2D eigenvalue weighted by atomic mass is 16.1. The summed E-state index contributed by atoms with van der Waals surface area (Å²) in [5.74, 6) is 0.302. The summed E-state index contributed by atoms with van der Waals surface area (Å²) in [6, 6.07) is 16.8. The Bertz CT molecular complexity index is 1180. The Labute approximate surface area is 241 Å². The zero-order chi connectivity index (χ0) is 28.5. The maximum Gasteiger partial charge on any atom is 0.223 e. The minimum atomic E-state index is 0.0897. The Kier molecular flexibility index (Phi) is 10.7. The first-order valence-corrected chi connectivity index (χ1v) is 15.2. The number of nitrogen functional groups attached to an aromatic ring is 1. The minimum absolute atomic E-state index is 0.0897. The number of para-hydroxylation sites is 2. The van der Waals surface area contributed by atoms with E-state index in [9.17, 15) is 4.79 Å². The number of nitrogens with two attached hydrogens (primary N) is 1. The van der Waals surface area contributed by atoms with E-state index in [4.69, 9.17) is 5.73 Å². The third-order valence-corrected chi connectivity index (χ3v) is 8.60. The molecule has 6 nitrogen and oxygen atoms in total. The standard InChI is InChI=1S/C34H49N5O/c1-5-37(31-11-8-10-27(3)24-31)21-9-20-36-34(40)30-18-22-38(23-19-30)28(4)39(33-13-7-6-12-32(33)35)25-29-16-14-26(2)15-17-29/h6-8,10-14,16,24,28,30H,5,9,15,17-23,25,35H2,1-4H3,(H,36,40). The first kappa shape index (κ1) is 29.7. The van der Waals surface area contributed by atoms with Crippen molar-refractivity contribution in [2.45, 2.75) is 66.0 Å². The maximum atomic E-state index is 13.0. The van der Waals surface area contributed by atoms with Gasteiger partial charge in [-0.3, -0.25) is 9.69 Å². The molecule has 0 bridgehead atoms. The van der Waals surface area contributed by atoms with Crippen molar-refractivity contribution >= 4 is 23.0 Å². The Hall–Kier alpha value is -3.25. The van der Waals surface area contributed by atoms with E-state index in [1.807, 2.05) is 12.1 Å². The summed E-state index contributed by atoms with van der Waals surface area (Å²) < 4.78 is 0. The van der Waals surface area contributed by atoms with Crippen molar-refractivity contribution in [3.63, 3.8) is 0 Å². The van der Waals surface area contributed by atoms with Crippen LogP contribution in [0.2, 0.25) is 0 Å². The predicted molar refractivity (Wildman–Crippen MR) is 170 cm³/mol. The van der Waals surface area contributed by atoms with Crippen molar-refractivity contribution in [3.05, 3.63) is 77.4 Å². The molecule has 1 amide bonds. The topological polar surface area (TPSA) is 64.8 Å². The molecule has 6 heteroatoms. The van der Waals surface area contributed by atoms with Gasteiger partial charge in [0.2, 0.25) is 5.91 Å². The van der Waals surface area contributed by atoms with Crippen LogP contribution in [0.1, 0.15) is 58.4 Å². The van der Waals surface area contributed by atoms with E-state index >= 15 is 0 Å². The molecule has 1 aliphatic heterocycles. The van der Waals surface area contributed by atoms with Crippen molar-refractivity contribution < 1.29 is 4.79 Å². The van der Waals surface area contributed by atoms with Crippen molar-refractivity contribution in [1.29, 1.82) is 0 Å². The summed E-state index contributed by atoms with van der Waals surface area (Å²) in [7, 11) is 0. The molecular weight excluding hydrogens is 494 g/mol. The van der Waals surface area contributed by atoms with Crippen molar-refractivity contribution in [2.75, 3.05) is 54.8 Å². The lowest BCUT2D eigenvalue weighted by atomic mass is 9.95. The van der Waals surface area contributed by atoms with Crippen molar-refractivity contribution in [1.82, 2.24) is 10.2 Å². The fourth-order valence-electron chi connectivity index (χ4n) is 5.96. The normalized spacial score (nSPS) is 17.1. The number of hydrogen-bond acceptors (Lipinski definition) is 5. The highest BCUT2D eigenvalue weighted by Gasteiger charge is 2.30. The molecule has 1 atom stereocenters. The lowest BCUT2D eigenvalue weighted by molar-refractivity contribution is -0.126. The second kappa shape index (κ2) is 14.4. The van der Waals surface area contributed by atoms with Gasteiger partial charge in [0.1, 0.15) is 0 Å². The molecule has 1 heterocycles. The number of rotatable bonds is 12. The number of piperidine rings is 1. The van der Waals surface area contributed by atoms with Crippen LogP contribution >= 0.6 is 0 Å². The van der Waals surface area contributed by atoms with Gasteiger partial charge in [-0.25, -0.2) is 0 Å². The van der Waals surface area contributed by atoms with E-state index in [-0.39, 0.29) is 18.0 Å². The summed E-state index contributed by atoms with van der Waals surface area (Å²) >= 11 is 0. The first-order valence-electron chi connectivity index (χ1n) is 15.2. The number of benzene rings is 2. The SMILES string of the molecule is CCN(CCCNC(=O)C1CCN(C(C)N(CC2=CC=C(C)CC2)c2ccccc2N)CC1)c1cccc(C)c1. The van der Waals surface area contributed by atoms with Gasteiger partial charge < -0.3 is 20.9 Å². The molecule has 4 rings (SSSR count). The third kappa shape index (κ3) is 7.91. The summed E-state index contributed by atoms with van der Waals surface area (Å²) in [6.45, 7) is 14.1. The van der Waals surface area contributed by atoms with Crippen molar-refractivity contribution in [3.8, 4) is 0 Å². The zero-order valence-corrected chi connectivity index (χ0v) is 25.0. The zero-order valence-electron chi connectivity index (χ0n) is 25.0. The van der Waals surface area contributed by atoms with Crippen LogP contribution in [-0.4, -0.2) is 56.2 Å². The van der Waals surface area contributed by atoms with E-state index < -0.39 is 0 Å². The second-order valence-corrected chi connectivity index (χ2v) is 11.5. The minimum Gasteiger partial charge on any atom is -0.397 e. The van der Waals surface area contributed by atoms with Gasteiger partial charge in [-0.15, -0.1) is 0 Å². The number of carbonyl (C=O) groups is 1. The Morgan fingerprint density at radius 2 is 1.85 bits per heavy atom. The van der Waals surface area contributed by atoms with Gasteiger partial charge in [0.25, 0.3) is 0 Å². The Morgan fingerprint density at radius 1 is 1.07 bits per heavy atom. The van der Waals surface area contributed by atoms with E-state index in [1.54, 1.807) is 0 Å². The molecule has 1 fully saturated rings. The van der Waals surface area contributed by atoms with Gasteiger partial charge in [0.15, 0.2) is 0 Å². The monoisotopic (exact) mass is 543 g/mol. The fourth-order valence-corrected chi connectivity index (χ4v) is 5.96. The van der Waals surface area contributed by atoms with Gasteiger partial charge in [0, 0.05) is 50.9 Å². The number of aryl methyl sites for hydroxylation is 1. The van der Waals surface area contributed by atoms with Crippen LogP contribution < -0.4 is 20.9 Å². The van der Waals surface area contributed by atoms with E-state index in [0.717, 1.165) is 82.7 Å². The molecule has 0 radical (unpaired) electrons. The molecule has 1 saturated heterocycles. The average Bonchev–Trinajstić information content (AvgIpc) is 2.97.